The lowest BCUT2D eigenvalue weighted by molar-refractivity contribution is 0.102. The quantitative estimate of drug-likeness (QED) is 0.148. The topological polar surface area (TPSA) is 158 Å². The van der Waals surface area contributed by atoms with E-state index in [-0.39, 0.29) is 29.5 Å². The fourth-order valence-corrected chi connectivity index (χ4v) is 5.76. The number of carbonyl (C=O) groups is 3. The first-order valence-electron chi connectivity index (χ1n) is 14.3. The van der Waals surface area contributed by atoms with E-state index in [1.165, 1.54) is 25.3 Å². The van der Waals surface area contributed by atoms with E-state index in [9.17, 15) is 28.0 Å². The van der Waals surface area contributed by atoms with E-state index in [4.69, 9.17) is 4.74 Å². The Kier molecular flexibility index (Phi) is 11.7. The Morgan fingerprint density at radius 3 is 2.26 bits per heavy atom. The Balaban J connectivity index is 1.92. The van der Waals surface area contributed by atoms with Crippen LogP contribution >= 0.6 is 11.3 Å². The SMILES string of the molecule is CCCOC(=O)N(Cc1c(F)cccc1F)c1sc(-c2ccc(NC(=O)NOC)cc2)c(CN(C)C)c1C(=O)Nc1ccc(=O)[nH]n1. The van der Waals surface area contributed by atoms with Crippen molar-refractivity contribution in [2.45, 2.75) is 26.4 Å². The van der Waals surface area contributed by atoms with Gasteiger partial charge in [-0.15, -0.1) is 11.3 Å². The van der Waals surface area contributed by atoms with Crippen LogP contribution in [0.1, 0.15) is 34.8 Å². The Bertz CT molecular complexity index is 1760. The molecule has 4 amide bonds. The summed E-state index contributed by atoms with van der Waals surface area (Å²) in [6, 6.07) is 11.9. The number of urea groups is 1. The predicted molar refractivity (Wildman–Crippen MR) is 173 cm³/mol. The first-order chi connectivity index (χ1) is 22.5. The first kappa shape index (κ1) is 34.7. The van der Waals surface area contributed by atoms with Gasteiger partial charge in [0.15, 0.2) is 5.82 Å². The summed E-state index contributed by atoms with van der Waals surface area (Å²) < 4.78 is 35.3. The molecule has 16 heteroatoms. The lowest BCUT2D eigenvalue weighted by atomic mass is 10.0. The highest BCUT2D eigenvalue weighted by Gasteiger charge is 2.33. The third kappa shape index (κ3) is 8.75. The standard InChI is InChI=1S/C31H33F2N7O6S/c1-5-15-46-31(44)40(17-20-22(32)7-6-8-23(20)33)29-26(28(42)35-24-13-14-25(41)37-36-24)21(16-39(2)3)27(47-29)18-9-11-19(12-10-18)34-30(43)38-45-4/h6-14H,5,15-17H2,1-4H3,(H,37,41)(H2,34,38,43)(H,35,36,42). The van der Waals surface area contributed by atoms with Crippen molar-refractivity contribution >= 4 is 45.9 Å². The molecule has 0 atom stereocenters. The van der Waals surface area contributed by atoms with E-state index in [2.05, 4.69) is 31.1 Å². The van der Waals surface area contributed by atoms with Crippen LogP contribution in [0.4, 0.5) is 34.9 Å². The van der Waals surface area contributed by atoms with Crippen LogP contribution < -0.4 is 26.6 Å². The molecule has 0 aliphatic heterocycles. The molecule has 2 heterocycles. The highest BCUT2D eigenvalue weighted by Crippen LogP contribution is 2.44. The molecule has 0 radical (unpaired) electrons. The number of halogens is 2. The van der Waals surface area contributed by atoms with Crippen LogP contribution in [-0.2, 0) is 22.7 Å². The number of nitrogens with zero attached hydrogens (tertiary/aromatic N) is 3. The zero-order valence-corrected chi connectivity index (χ0v) is 26.8. The molecule has 0 bridgehead atoms. The summed E-state index contributed by atoms with van der Waals surface area (Å²) in [5.74, 6) is -2.44. The Labute approximate surface area is 272 Å². The molecule has 0 saturated heterocycles. The number of rotatable bonds is 12. The normalized spacial score (nSPS) is 10.9. The van der Waals surface area contributed by atoms with Crippen molar-refractivity contribution in [1.82, 2.24) is 20.6 Å². The summed E-state index contributed by atoms with van der Waals surface area (Å²) in [4.78, 5) is 59.2. The zero-order valence-electron chi connectivity index (χ0n) is 26.0. The maximum atomic E-state index is 14.9. The zero-order chi connectivity index (χ0) is 34.1. The summed E-state index contributed by atoms with van der Waals surface area (Å²) in [5, 5.41) is 11.4. The number of hydroxylamine groups is 1. The van der Waals surface area contributed by atoms with Crippen LogP contribution in [0.25, 0.3) is 10.4 Å². The van der Waals surface area contributed by atoms with Crippen LogP contribution in [0.5, 0.6) is 0 Å². The number of amides is 4. The molecule has 0 unspecified atom stereocenters. The van der Waals surface area contributed by atoms with E-state index in [0.717, 1.165) is 28.4 Å². The van der Waals surface area contributed by atoms with Gasteiger partial charge in [-0.2, -0.15) is 5.10 Å². The minimum atomic E-state index is -0.918. The number of hydrogen-bond acceptors (Lipinski definition) is 9. The second-order valence-corrected chi connectivity index (χ2v) is 11.3. The number of carbonyl (C=O) groups excluding carboxylic acids is 3. The number of ether oxygens (including phenoxy) is 1. The predicted octanol–water partition coefficient (Wildman–Crippen LogP) is 5.33. The molecular weight excluding hydrogens is 636 g/mol. The average Bonchev–Trinajstić information content (AvgIpc) is 3.39. The van der Waals surface area contributed by atoms with Gasteiger partial charge in [0.2, 0.25) is 0 Å². The second kappa shape index (κ2) is 15.9. The molecule has 4 rings (SSSR count). The van der Waals surface area contributed by atoms with Crippen LogP contribution in [0.15, 0.2) is 59.4 Å². The van der Waals surface area contributed by atoms with E-state index in [1.54, 1.807) is 45.3 Å². The number of thiophene rings is 1. The third-order valence-corrected chi connectivity index (χ3v) is 7.79. The highest BCUT2D eigenvalue weighted by atomic mass is 32.1. The number of hydrogen-bond donors (Lipinski definition) is 4. The summed E-state index contributed by atoms with van der Waals surface area (Å²) in [6.07, 6.45) is -0.443. The van der Waals surface area contributed by atoms with Gasteiger partial charge in [-0.25, -0.2) is 28.9 Å². The van der Waals surface area contributed by atoms with Gasteiger partial charge in [0.25, 0.3) is 11.5 Å². The summed E-state index contributed by atoms with van der Waals surface area (Å²) in [7, 11) is 4.87. The van der Waals surface area contributed by atoms with Gasteiger partial charge in [0.05, 0.1) is 25.8 Å². The molecule has 248 valence electrons. The van der Waals surface area contributed by atoms with Crippen LogP contribution in [0.3, 0.4) is 0 Å². The maximum absolute atomic E-state index is 14.9. The molecule has 0 aliphatic carbocycles. The van der Waals surface area contributed by atoms with E-state index in [1.807, 2.05) is 4.90 Å². The van der Waals surface area contributed by atoms with Crippen molar-refractivity contribution in [3.05, 3.63) is 93.3 Å². The fraction of sp³-hybridized carbons (Fsp3) is 0.258. The number of aromatic nitrogens is 2. The Morgan fingerprint density at radius 2 is 1.66 bits per heavy atom. The largest absolute Gasteiger partial charge is 0.449 e. The maximum Gasteiger partial charge on any atom is 0.415 e. The number of anilines is 3. The molecular formula is C31H33F2N7O6S. The van der Waals surface area contributed by atoms with Crippen LogP contribution in [0.2, 0.25) is 0 Å². The minimum Gasteiger partial charge on any atom is -0.449 e. The number of H-pyrrole nitrogens is 1. The Morgan fingerprint density at radius 1 is 0.957 bits per heavy atom. The van der Waals surface area contributed by atoms with Gasteiger partial charge in [-0.05, 0) is 62.0 Å². The van der Waals surface area contributed by atoms with Gasteiger partial charge in [-0.3, -0.25) is 19.3 Å². The molecule has 2 aromatic carbocycles. The van der Waals surface area contributed by atoms with E-state index >= 15 is 0 Å². The molecule has 0 fully saturated rings. The van der Waals surface area contributed by atoms with Crippen molar-refractivity contribution in [1.29, 1.82) is 0 Å². The first-order valence-corrected chi connectivity index (χ1v) is 15.1. The smallest absolute Gasteiger partial charge is 0.415 e. The van der Waals surface area contributed by atoms with Crippen molar-refractivity contribution in [3.63, 3.8) is 0 Å². The second-order valence-electron chi connectivity index (χ2n) is 10.3. The van der Waals surface area contributed by atoms with Crippen molar-refractivity contribution < 1.29 is 32.7 Å². The average molecular weight is 670 g/mol. The molecule has 13 nitrogen and oxygen atoms in total. The number of aromatic amines is 1. The van der Waals surface area contributed by atoms with Gasteiger partial charge in [0.1, 0.15) is 16.6 Å². The Hall–Kier alpha value is -5.19. The lowest BCUT2D eigenvalue weighted by Crippen LogP contribution is -2.33. The van der Waals surface area contributed by atoms with Gasteiger partial charge in [-0.1, -0.05) is 25.1 Å². The number of benzene rings is 2. The van der Waals surface area contributed by atoms with Crippen LogP contribution in [-0.4, -0.2) is 60.9 Å². The molecule has 4 N–H and O–H groups in total. The minimum absolute atomic E-state index is 0.0197. The fourth-order valence-electron chi connectivity index (χ4n) is 4.45. The number of nitrogens with one attached hydrogen (secondary N) is 4. The summed E-state index contributed by atoms with van der Waals surface area (Å²) >= 11 is 1.05. The molecule has 0 spiro atoms. The monoisotopic (exact) mass is 669 g/mol. The summed E-state index contributed by atoms with van der Waals surface area (Å²) in [6.45, 7) is 1.43. The van der Waals surface area contributed by atoms with Crippen molar-refractivity contribution in [2.24, 2.45) is 0 Å². The molecule has 47 heavy (non-hydrogen) atoms. The third-order valence-electron chi connectivity index (χ3n) is 6.48. The van der Waals surface area contributed by atoms with Crippen molar-refractivity contribution in [3.8, 4) is 10.4 Å². The lowest BCUT2D eigenvalue weighted by Gasteiger charge is -2.23. The van der Waals surface area contributed by atoms with Gasteiger partial charge < -0.3 is 20.3 Å². The van der Waals surface area contributed by atoms with Gasteiger partial charge >= 0.3 is 12.1 Å². The van der Waals surface area contributed by atoms with E-state index in [0.29, 0.717) is 28.1 Å². The van der Waals surface area contributed by atoms with Crippen molar-refractivity contribution in [2.75, 3.05) is 43.3 Å². The highest BCUT2D eigenvalue weighted by molar-refractivity contribution is 7.20. The molecule has 4 aromatic rings. The molecule has 2 aromatic heterocycles. The molecule has 0 aliphatic rings. The van der Waals surface area contributed by atoms with Crippen LogP contribution in [0, 0.1) is 11.6 Å². The van der Waals surface area contributed by atoms with E-state index < -0.39 is 47.3 Å². The summed E-state index contributed by atoms with van der Waals surface area (Å²) in [5.41, 5.74) is 2.84. The van der Waals surface area contributed by atoms with Gasteiger partial charge in [0, 0.05) is 28.7 Å². The molecule has 0 saturated carbocycles.